The van der Waals surface area contributed by atoms with Crippen molar-refractivity contribution >= 4 is 34.8 Å². The monoisotopic (exact) mass is 307 g/mol. The van der Waals surface area contributed by atoms with Crippen molar-refractivity contribution in [2.24, 2.45) is 0 Å². The van der Waals surface area contributed by atoms with Gasteiger partial charge in [0.1, 0.15) is 0 Å². The second kappa shape index (κ2) is 6.29. The van der Waals surface area contributed by atoms with Gasteiger partial charge in [-0.1, -0.05) is 41.9 Å². The van der Waals surface area contributed by atoms with Gasteiger partial charge in [-0.3, -0.25) is 4.79 Å². The highest BCUT2D eigenvalue weighted by atomic mass is 35.5. The van der Waals surface area contributed by atoms with E-state index < -0.39 is 0 Å². The zero-order valence-electron chi connectivity index (χ0n) is 11.3. The quantitative estimate of drug-likeness (QED) is 0.776. The van der Waals surface area contributed by atoms with E-state index in [2.05, 4.69) is 5.32 Å². The summed E-state index contributed by atoms with van der Waals surface area (Å²) in [6.07, 6.45) is 0. The minimum atomic E-state index is -0.233. The molecule has 0 saturated heterocycles. The maximum Gasteiger partial charge on any atom is 0.257 e. The molecule has 0 spiro atoms. The fraction of sp³-hybridized carbons (Fsp3) is 0.188. The predicted octanol–water partition coefficient (Wildman–Crippen LogP) is 5.20. The van der Waals surface area contributed by atoms with Crippen molar-refractivity contribution in [3.05, 3.63) is 64.2 Å². The molecular formula is C16H15Cl2NO. The standard InChI is InChI=1S/C16H15Cl2NO/c1-10-6-5-8-13(15(10)18)16(20)19-14-9-4-3-7-12(14)11(2)17/h3-9,11H,1-2H3,(H,19,20). The van der Waals surface area contributed by atoms with Crippen LogP contribution in [0.15, 0.2) is 42.5 Å². The highest BCUT2D eigenvalue weighted by Crippen LogP contribution is 2.28. The van der Waals surface area contributed by atoms with Crippen LogP contribution in [0.4, 0.5) is 5.69 Å². The molecule has 2 aromatic carbocycles. The van der Waals surface area contributed by atoms with E-state index in [1.807, 2.05) is 50.2 Å². The van der Waals surface area contributed by atoms with Crippen molar-refractivity contribution in [1.29, 1.82) is 0 Å². The second-order valence-electron chi connectivity index (χ2n) is 4.59. The van der Waals surface area contributed by atoms with Crippen molar-refractivity contribution in [1.82, 2.24) is 0 Å². The SMILES string of the molecule is Cc1cccc(C(=O)Nc2ccccc2C(C)Cl)c1Cl. The predicted molar refractivity (Wildman–Crippen MR) is 84.9 cm³/mol. The molecule has 2 nitrogen and oxygen atoms in total. The number of carbonyl (C=O) groups is 1. The third-order valence-electron chi connectivity index (χ3n) is 3.07. The summed E-state index contributed by atoms with van der Waals surface area (Å²) in [5, 5.41) is 3.16. The third-order valence-corrected chi connectivity index (χ3v) is 3.81. The Hall–Kier alpha value is -1.51. The van der Waals surface area contributed by atoms with E-state index in [-0.39, 0.29) is 11.3 Å². The molecule has 0 bridgehead atoms. The highest BCUT2D eigenvalue weighted by Gasteiger charge is 2.14. The van der Waals surface area contributed by atoms with E-state index in [9.17, 15) is 4.79 Å². The molecule has 0 aliphatic carbocycles. The van der Waals surface area contributed by atoms with Crippen molar-refractivity contribution in [3.8, 4) is 0 Å². The van der Waals surface area contributed by atoms with Gasteiger partial charge in [0.2, 0.25) is 0 Å². The molecule has 0 saturated carbocycles. The normalized spacial score (nSPS) is 12.0. The van der Waals surface area contributed by atoms with Crippen LogP contribution in [0.5, 0.6) is 0 Å². The Morgan fingerprint density at radius 2 is 1.85 bits per heavy atom. The van der Waals surface area contributed by atoms with Crippen LogP contribution in [0, 0.1) is 6.92 Å². The molecule has 0 aliphatic rings. The van der Waals surface area contributed by atoms with E-state index in [0.717, 1.165) is 11.1 Å². The number of hydrogen-bond acceptors (Lipinski definition) is 1. The van der Waals surface area contributed by atoms with Crippen LogP contribution in [0.1, 0.15) is 33.8 Å². The summed E-state index contributed by atoms with van der Waals surface area (Å²) in [4.78, 5) is 12.3. The molecule has 1 unspecified atom stereocenters. The zero-order valence-corrected chi connectivity index (χ0v) is 12.8. The molecule has 0 fully saturated rings. The number of nitrogens with one attached hydrogen (secondary N) is 1. The summed E-state index contributed by atoms with van der Waals surface area (Å²) in [7, 11) is 0. The van der Waals surface area contributed by atoms with Crippen LogP contribution in [-0.4, -0.2) is 5.91 Å². The lowest BCUT2D eigenvalue weighted by Gasteiger charge is -2.13. The molecular weight excluding hydrogens is 293 g/mol. The number of benzene rings is 2. The third kappa shape index (κ3) is 3.14. The van der Waals surface area contributed by atoms with Gasteiger partial charge in [-0.15, -0.1) is 11.6 Å². The molecule has 0 aliphatic heterocycles. The lowest BCUT2D eigenvalue weighted by Crippen LogP contribution is -2.14. The first-order valence-electron chi connectivity index (χ1n) is 6.30. The van der Waals surface area contributed by atoms with E-state index in [4.69, 9.17) is 23.2 Å². The number of rotatable bonds is 3. The molecule has 2 aromatic rings. The van der Waals surface area contributed by atoms with E-state index in [0.29, 0.717) is 16.3 Å². The van der Waals surface area contributed by atoms with Gasteiger partial charge in [-0.25, -0.2) is 0 Å². The number of alkyl halides is 1. The molecule has 0 aromatic heterocycles. The maximum atomic E-state index is 12.3. The second-order valence-corrected chi connectivity index (χ2v) is 5.63. The smallest absolute Gasteiger partial charge is 0.257 e. The van der Waals surface area contributed by atoms with Crippen molar-refractivity contribution in [2.75, 3.05) is 5.32 Å². The first-order valence-corrected chi connectivity index (χ1v) is 7.11. The molecule has 2 rings (SSSR count). The molecule has 104 valence electrons. The molecule has 0 radical (unpaired) electrons. The van der Waals surface area contributed by atoms with Gasteiger partial charge in [0.25, 0.3) is 5.91 Å². The number of carbonyl (C=O) groups excluding carboxylic acids is 1. The summed E-state index contributed by atoms with van der Waals surface area (Å²) in [5.74, 6) is -0.233. The number of amides is 1. The van der Waals surface area contributed by atoms with E-state index >= 15 is 0 Å². The molecule has 1 amide bonds. The van der Waals surface area contributed by atoms with Gasteiger partial charge in [0.15, 0.2) is 0 Å². The van der Waals surface area contributed by atoms with E-state index in [1.165, 1.54) is 0 Å². The Labute approximate surface area is 128 Å². The summed E-state index contributed by atoms with van der Waals surface area (Å²) in [5.41, 5.74) is 2.92. The molecule has 20 heavy (non-hydrogen) atoms. The Balaban J connectivity index is 2.31. The number of anilines is 1. The lowest BCUT2D eigenvalue weighted by atomic mass is 10.1. The highest BCUT2D eigenvalue weighted by molar-refractivity contribution is 6.35. The topological polar surface area (TPSA) is 29.1 Å². The summed E-state index contributed by atoms with van der Waals surface area (Å²) in [6, 6.07) is 12.9. The van der Waals surface area contributed by atoms with Crippen molar-refractivity contribution < 1.29 is 4.79 Å². The number of aryl methyl sites for hydroxylation is 1. The molecule has 4 heteroatoms. The average molecular weight is 308 g/mol. The van der Waals surface area contributed by atoms with Gasteiger partial charge >= 0.3 is 0 Å². The summed E-state index contributed by atoms with van der Waals surface area (Å²) >= 11 is 12.3. The van der Waals surface area contributed by atoms with Crippen LogP contribution < -0.4 is 5.32 Å². The van der Waals surface area contributed by atoms with Gasteiger partial charge < -0.3 is 5.32 Å². The van der Waals surface area contributed by atoms with Crippen LogP contribution in [0.2, 0.25) is 5.02 Å². The average Bonchev–Trinajstić information content (AvgIpc) is 2.42. The molecule has 1 N–H and O–H groups in total. The van der Waals surface area contributed by atoms with Crippen molar-refractivity contribution in [3.63, 3.8) is 0 Å². The Bertz CT molecular complexity index is 638. The Kier molecular flexibility index (Phi) is 4.69. The van der Waals surface area contributed by atoms with E-state index in [1.54, 1.807) is 6.07 Å². The summed E-state index contributed by atoms with van der Waals surface area (Å²) < 4.78 is 0. The molecule has 0 heterocycles. The number of hydrogen-bond donors (Lipinski definition) is 1. The number of halogens is 2. The van der Waals surface area contributed by atoms with Gasteiger partial charge in [0.05, 0.1) is 16.0 Å². The Morgan fingerprint density at radius 1 is 1.15 bits per heavy atom. The summed E-state index contributed by atoms with van der Waals surface area (Å²) in [6.45, 7) is 3.74. The fourth-order valence-electron chi connectivity index (χ4n) is 1.97. The minimum Gasteiger partial charge on any atom is -0.322 e. The largest absolute Gasteiger partial charge is 0.322 e. The van der Waals surface area contributed by atoms with Crippen LogP contribution in [0.3, 0.4) is 0 Å². The van der Waals surface area contributed by atoms with Crippen molar-refractivity contribution in [2.45, 2.75) is 19.2 Å². The van der Waals surface area contributed by atoms with Crippen LogP contribution >= 0.6 is 23.2 Å². The fourth-order valence-corrected chi connectivity index (χ4v) is 2.37. The van der Waals surface area contributed by atoms with Gasteiger partial charge in [-0.2, -0.15) is 0 Å². The maximum absolute atomic E-state index is 12.3. The van der Waals surface area contributed by atoms with Gasteiger partial charge in [0, 0.05) is 5.69 Å². The van der Waals surface area contributed by atoms with Crippen LogP contribution in [-0.2, 0) is 0 Å². The van der Waals surface area contributed by atoms with Gasteiger partial charge in [-0.05, 0) is 37.1 Å². The van der Waals surface area contributed by atoms with Crippen LogP contribution in [0.25, 0.3) is 0 Å². The number of para-hydroxylation sites is 1. The minimum absolute atomic E-state index is 0.181. The first-order chi connectivity index (χ1) is 9.50. The lowest BCUT2D eigenvalue weighted by molar-refractivity contribution is 0.102. The first kappa shape index (κ1) is 14.9. The Morgan fingerprint density at radius 3 is 2.55 bits per heavy atom. The molecule has 1 atom stereocenters. The zero-order chi connectivity index (χ0) is 14.7.